The van der Waals surface area contributed by atoms with E-state index >= 15 is 0 Å². The van der Waals surface area contributed by atoms with Gasteiger partial charge in [0.05, 0.1) is 6.10 Å². The summed E-state index contributed by atoms with van der Waals surface area (Å²) in [5.41, 5.74) is -2.06. The fourth-order valence-corrected chi connectivity index (χ4v) is 7.30. The highest BCUT2D eigenvalue weighted by Crippen LogP contribution is 2.79. The molecule has 7 heteroatoms. The number of hydrogen-bond donors (Lipinski definition) is 3. The summed E-state index contributed by atoms with van der Waals surface area (Å²) in [6.45, 7) is 6.03. The fourth-order valence-electron chi connectivity index (χ4n) is 7.30. The number of cyclic esters (lactones) is 1. The molecule has 0 aromatic rings. The molecule has 7 nitrogen and oxygen atoms in total. The van der Waals surface area contributed by atoms with Gasteiger partial charge in [0.25, 0.3) is 0 Å². The molecule has 0 unspecified atom stereocenters. The van der Waals surface area contributed by atoms with Crippen LogP contribution in [0.15, 0.2) is 11.1 Å². The van der Waals surface area contributed by atoms with Gasteiger partial charge in [-0.1, -0.05) is 20.8 Å². The second-order valence-electron chi connectivity index (χ2n) is 9.85. The van der Waals surface area contributed by atoms with Gasteiger partial charge in [-0.2, -0.15) is 0 Å². The molecule has 3 aliphatic heterocycles. The molecule has 27 heavy (non-hydrogen) atoms. The van der Waals surface area contributed by atoms with Gasteiger partial charge < -0.3 is 29.5 Å². The lowest BCUT2D eigenvalue weighted by atomic mass is 9.45. The lowest BCUT2D eigenvalue weighted by Gasteiger charge is -2.56. The number of hydrogen-bond acceptors (Lipinski definition) is 7. The fraction of sp³-hybridized carbons (Fsp3) is 0.850. The van der Waals surface area contributed by atoms with E-state index in [-0.39, 0.29) is 23.9 Å². The molecule has 2 saturated heterocycles. The van der Waals surface area contributed by atoms with Crippen molar-refractivity contribution >= 4 is 5.97 Å². The largest absolute Gasteiger partial charge is 0.458 e. The van der Waals surface area contributed by atoms with Crippen molar-refractivity contribution in [3.63, 3.8) is 0 Å². The molecule has 6 rings (SSSR count). The Morgan fingerprint density at radius 3 is 2.67 bits per heavy atom. The molecule has 0 aromatic carbocycles. The molecule has 0 radical (unpaired) electrons. The van der Waals surface area contributed by atoms with Gasteiger partial charge in [0.1, 0.15) is 36.1 Å². The van der Waals surface area contributed by atoms with E-state index in [4.69, 9.17) is 14.2 Å². The monoisotopic (exact) mass is 378 g/mol. The van der Waals surface area contributed by atoms with Gasteiger partial charge >= 0.3 is 5.97 Å². The summed E-state index contributed by atoms with van der Waals surface area (Å²) in [5.74, 6) is -0.511. The summed E-state index contributed by atoms with van der Waals surface area (Å²) in [6, 6.07) is 0. The Hall–Kier alpha value is -0.990. The van der Waals surface area contributed by atoms with Gasteiger partial charge in [0.2, 0.25) is 0 Å². The van der Waals surface area contributed by atoms with Crippen molar-refractivity contribution in [2.45, 2.75) is 81.3 Å². The number of carbonyl (C=O) groups excluding carboxylic acids is 1. The molecule has 0 bridgehead atoms. The van der Waals surface area contributed by atoms with Crippen LogP contribution < -0.4 is 0 Å². The predicted octanol–water partition coefficient (Wildman–Crippen LogP) is 0.0575. The first kappa shape index (κ1) is 16.9. The molecule has 6 aliphatic rings. The van der Waals surface area contributed by atoms with E-state index in [0.29, 0.717) is 25.9 Å². The number of aliphatic hydroxyl groups is 3. The van der Waals surface area contributed by atoms with Gasteiger partial charge in [-0.3, -0.25) is 0 Å². The van der Waals surface area contributed by atoms with Crippen LogP contribution in [0.2, 0.25) is 0 Å². The van der Waals surface area contributed by atoms with Crippen LogP contribution in [0.1, 0.15) is 40.0 Å². The minimum absolute atomic E-state index is 0.0583. The van der Waals surface area contributed by atoms with Gasteiger partial charge in [-0.15, -0.1) is 0 Å². The van der Waals surface area contributed by atoms with Crippen molar-refractivity contribution in [3.05, 3.63) is 11.1 Å². The van der Waals surface area contributed by atoms with Crippen LogP contribution in [0.5, 0.6) is 0 Å². The summed E-state index contributed by atoms with van der Waals surface area (Å²) in [4.78, 5) is 12.1. The lowest BCUT2D eigenvalue weighted by Crippen LogP contribution is -2.76. The number of fused-ring (bicyclic) bond motifs is 2. The number of carbonyl (C=O) groups is 1. The van der Waals surface area contributed by atoms with Crippen LogP contribution in [0.4, 0.5) is 0 Å². The van der Waals surface area contributed by atoms with Crippen LogP contribution >= 0.6 is 0 Å². The number of aliphatic hydroxyl groups excluding tert-OH is 2. The van der Waals surface area contributed by atoms with E-state index in [1.165, 1.54) is 0 Å². The van der Waals surface area contributed by atoms with E-state index in [1.54, 1.807) is 13.8 Å². The highest BCUT2D eigenvalue weighted by Gasteiger charge is 2.96. The number of epoxide rings is 2. The topological polar surface area (TPSA) is 112 Å². The maximum Gasteiger partial charge on any atom is 0.334 e. The third kappa shape index (κ3) is 1.44. The van der Waals surface area contributed by atoms with Crippen LogP contribution in [0, 0.1) is 17.3 Å². The van der Waals surface area contributed by atoms with E-state index in [1.807, 2.05) is 0 Å². The molecule has 3 heterocycles. The van der Waals surface area contributed by atoms with E-state index in [0.717, 1.165) is 11.1 Å². The normalized spacial score (nSPS) is 60.1. The van der Waals surface area contributed by atoms with Crippen molar-refractivity contribution in [1.29, 1.82) is 0 Å². The zero-order valence-corrected chi connectivity index (χ0v) is 15.8. The Labute approximate surface area is 157 Å². The highest BCUT2D eigenvalue weighted by molar-refractivity contribution is 5.92. The van der Waals surface area contributed by atoms with Gasteiger partial charge in [-0.25, -0.2) is 4.79 Å². The molecule has 2 spiro atoms. The molecule has 2 saturated carbocycles. The second-order valence-corrected chi connectivity index (χ2v) is 9.85. The minimum atomic E-state index is -1.67. The van der Waals surface area contributed by atoms with Gasteiger partial charge in [0.15, 0.2) is 5.60 Å². The van der Waals surface area contributed by atoms with Crippen LogP contribution in [0.25, 0.3) is 0 Å². The molecular formula is C20H26O7. The van der Waals surface area contributed by atoms with Gasteiger partial charge in [0, 0.05) is 11.0 Å². The Morgan fingerprint density at radius 2 is 1.96 bits per heavy atom. The zero-order chi connectivity index (χ0) is 19.1. The third-order valence-electron chi connectivity index (χ3n) is 8.90. The van der Waals surface area contributed by atoms with Crippen LogP contribution in [-0.2, 0) is 19.0 Å². The third-order valence-corrected chi connectivity index (χ3v) is 8.90. The average Bonchev–Trinajstić information content (AvgIpc) is 3.50. The highest BCUT2D eigenvalue weighted by atomic mass is 16.7. The molecule has 4 fully saturated rings. The first-order valence-corrected chi connectivity index (χ1v) is 9.99. The van der Waals surface area contributed by atoms with Gasteiger partial charge in [-0.05, 0) is 36.7 Å². The standard InChI is InChI=1S/C20H26O7/c1-8(2)18(24)13(21)14-20(27-14)17(3)5-4-9-10(7-25-15(9)22)11(17)6-12-19(20,26-12)16(18)23/h8,11-14,16,21,23-24H,4-7H2,1-3H3/t11-,12+,13-,14+,16+,17+,18+,19-,20+/m0/s1. The maximum absolute atomic E-state index is 12.1. The summed E-state index contributed by atoms with van der Waals surface area (Å²) < 4.78 is 17.7. The van der Waals surface area contributed by atoms with E-state index in [9.17, 15) is 20.1 Å². The lowest BCUT2D eigenvalue weighted by molar-refractivity contribution is -0.223. The first-order chi connectivity index (χ1) is 12.7. The zero-order valence-electron chi connectivity index (χ0n) is 15.8. The molecule has 9 atom stereocenters. The SMILES string of the molecule is CC(C)[C@]1(O)[C@@H](O)[C@@]23O[C@@H]2C[C@H]2C4=C(CC[C@@]2(C)[C@@]32O[C@@H]2[C@@H]1O)C(=O)OC4. The molecule has 0 aromatic heterocycles. The van der Waals surface area contributed by atoms with Crippen LogP contribution in [0.3, 0.4) is 0 Å². The maximum atomic E-state index is 12.1. The summed E-state index contributed by atoms with van der Waals surface area (Å²) >= 11 is 0. The molecule has 3 aliphatic carbocycles. The smallest absolute Gasteiger partial charge is 0.334 e. The minimum Gasteiger partial charge on any atom is -0.458 e. The Balaban J connectivity index is 1.50. The van der Waals surface area contributed by atoms with E-state index < -0.39 is 40.5 Å². The predicted molar refractivity (Wildman–Crippen MR) is 90.4 cm³/mol. The summed E-state index contributed by atoms with van der Waals surface area (Å²) in [5, 5.41) is 33.5. The summed E-state index contributed by atoms with van der Waals surface area (Å²) in [7, 11) is 0. The van der Waals surface area contributed by atoms with Crippen LogP contribution in [-0.4, -0.2) is 69.1 Å². The van der Waals surface area contributed by atoms with Crippen molar-refractivity contribution in [2.75, 3.05) is 6.61 Å². The Bertz CT molecular complexity index is 806. The molecule has 3 N–H and O–H groups in total. The van der Waals surface area contributed by atoms with Crippen molar-refractivity contribution in [2.24, 2.45) is 17.3 Å². The molecule has 148 valence electrons. The molecular weight excluding hydrogens is 352 g/mol. The Morgan fingerprint density at radius 1 is 1.22 bits per heavy atom. The second kappa shape index (κ2) is 4.44. The number of esters is 1. The average molecular weight is 378 g/mol. The number of rotatable bonds is 1. The van der Waals surface area contributed by atoms with Crippen molar-refractivity contribution in [1.82, 2.24) is 0 Å². The van der Waals surface area contributed by atoms with Crippen molar-refractivity contribution < 1.29 is 34.3 Å². The van der Waals surface area contributed by atoms with Crippen molar-refractivity contribution in [3.8, 4) is 0 Å². The van der Waals surface area contributed by atoms with E-state index in [2.05, 4.69) is 6.92 Å². The first-order valence-electron chi connectivity index (χ1n) is 9.99. The number of ether oxygens (including phenoxy) is 3. The molecule has 0 amide bonds. The Kier molecular flexibility index (Phi) is 2.78. The quantitative estimate of drug-likeness (QED) is 0.437. The summed E-state index contributed by atoms with van der Waals surface area (Å²) in [6.07, 6.45) is -1.25.